The molecule has 0 fully saturated rings. The lowest BCUT2D eigenvalue weighted by Gasteiger charge is -2.17. The number of benzene rings is 1. The van der Waals surface area contributed by atoms with Crippen molar-refractivity contribution in [3.63, 3.8) is 0 Å². The molecule has 0 radical (unpaired) electrons. The third-order valence-corrected chi connectivity index (χ3v) is 4.14. The van der Waals surface area contributed by atoms with E-state index in [0.717, 1.165) is 36.7 Å². The second-order valence-electron chi connectivity index (χ2n) is 4.33. The molecule has 0 saturated carbocycles. The molecule has 0 heterocycles. The van der Waals surface area contributed by atoms with Crippen molar-refractivity contribution in [1.29, 1.82) is 0 Å². The van der Waals surface area contributed by atoms with Gasteiger partial charge in [-0.2, -0.15) is 11.8 Å². The average Bonchev–Trinajstić information content (AvgIpc) is 2.47. The predicted molar refractivity (Wildman–Crippen MR) is 84.9 cm³/mol. The zero-order valence-electron chi connectivity index (χ0n) is 12.0. The van der Waals surface area contributed by atoms with Gasteiger partial charge in [0.2, 0.25) is 0 Å². The van der Waals surface area contributed by atoms with Gasteiger partial charge in [-0.15, -0.1) is 0 Å². The van der Waals surface area contributed by atoms with Gasteiger partial charge in [-0.05, 0) is 24.7 Å². The number of thioether (sulfide) groups is 1. The fourth-order valence-corrected chi connectivity index (χ4v) is 2.82. The first-order chi connectivity index (χ1) is 9.62. The van der Waals surface area contributed by atoms with Gasteiger partial charge in [-0.3, -0.25) is 16.0 Å². The Hall–Kier alpha value is -1.31. The zero-order chi connectivity index (χ0) is 15.0. The van der Waals surface area contributed by atoms with E-state index in [1.54, 1.807) is 12.1 Å². The highest BCUT2D eigenvalue weighted by Crippen LogP contribution is 2.26. The summed E-state index contributed by atoms with van der Waals surface area (Å²) >= 11 is 1.82. The highest BCUT2D eigenvalue weighted by Gasteiger charge is 2.13. The standard InChI is InChI=1S/C13H22N4O2S/c1-3-16(4-2)7-8-20-10-11-5-6-13(17(18)19)12(9-11)15-14/h5-6,9,15H,3-4,7-8,10,14H2,1-2H3. The van der Waals surface area contributed by atoms with E-state index in [9.17, 15) is 10.1 Å². The molecular weight excluding hydrogens is 276 g/mol. The van der Waals surface area contributed by atoms with E-state index in [0.29, 0.717) is 5.69 Å². The summed E-state index contributed by atoms with van der Waals surface area (Å²) in [6.45, 7) is 7.51. The molecule has 0 amide bonds. The first-order valence-electron chi connectivity index (χ1n) is 6.66. The molecule has 0 bridgehead atoms. The molecule has 0 unspecified atom stereocenters. The number of hydrogen-bond donors (Lipinski definition) is 2. The Morgan fingerprint density at radius 2 is 2.10 bits per heavy atom. The highest BCUT2D eigenvalue weighted by atomic mass is 32.2. The molecular formula is C13H22N4O2S. The van der Waals surface area contributed by atoms with Crippen LogP contribution in [-0.4, -0.2) is 35.2 Å². The van der Waals surface area contributed by atoms with E-state index in [2.05, 4.69) is 24.2 Å². The average molecular weight is 298 g/mol. The largest absolute Gasteiger partial charge is 0.318 e. The molecule has 0 aromatic heterocycles. The number of anilines is 1. The van der Waals surface area contributed by atoms with Crippen LogP contribution in [0.15, 0.2) is 18.2 Å². The van der Waals surface area contributed by atoms with Gasteiger partial charge in [0.15, 0.2) is 0 Å². The number of hydrogen-bond acceptors (Lipinski definition) is 6. The number of nitrogens with one attached hydrogen (secondary N) is 1. The minimum atomic E-state index is -0.438. The van der Waals surface area contributed by atoms with E-state index in [-0.39, 0.29) is 5.69 Å². The summed E-state index contributed by atoms with van der Waals surface area (Å²) in [5, 5.41) is 10.8. The fraction of sp³-hybridized carbons (Fsp3) is 0.538. The van der Waals surface area contributed by atoms with Crippen molar-refractivity contribution in [3.8, 4) is 0 Å². The molecule has 1 rings (SSSR count). The third kappa shape index (κ3) is 4.99. The maximum atomic E-state index is 10.8. The van der Waals surface area contributed by atoms with E-state index in [1.807, 2.05) is 11.8 Å². The Morgan fingerprint density at radius 3 is 2.65 bits per heavy atom. The second kappa shape index (κ2) is 8.78. The molecule has 0 atom stereocenters. The molecule has 112 valence electrons. The lowest BCUT2D eigenvalue weighted by Crippen LogP contribution is -2.25. The van der Waals surface area contributed by atoms with E-state index >= 15 is 0 Å². The Labute approximate surface area is 123 Å². The Balaban J connectivity index is 2.50. The summed E-state index contributed by atoms with van der Waals surface area (Å²) in [4.78, 5) is 12.7. The van der Waals surface area contributed by atoms with Crippen molar-refractivity contribution in [1.82, 2.24) is 4.90 Å². The molecule has 0 aliphatic heterocycles. The number of nitrogens with zero attached hydrogens (tertiary/aromatic N) is 2. The van der Waals surface area contributed by atoms with Crippen LogP contribution in [0.2, 0.25) is 0 Å². The number of nitrogens with two attached hydrogens (primary N) is 1. The second-order valence-corrected chi connectivity index (χ2v) is 5.44. The molecule has 3 N–H and O–H groups in total. The van der Waals surface area contributed by atoms with Gasteiger partial charge in [0.25, 0.3) is 5.69 Å². The summed E-state index contributed by atoms with van der Waals surface area (Å²) in [7, 11) is 0. The summed E-state index contributed by atoms with van der Waals surface area (Å²) in [6, 6.07) is 5.02. The van der Waals surface area contributed by atoms with Crippen molar-refractivity contribution < 1.29 is 4.92 Å². The normalized spacial score (nSPS) is 10.8. The smallest absolute Gasteiger partial charge is 0.293 e. The van der Waals surface area contributed by atoms with E-state index in [1.165, 1.54) is 6.07 Å². The molecule has 20 heavy (non-hydrogen) atoms. The number of hydrazine groups is 1. The van der Waals surface area contributed by atoms with Gasteiger partial charge in [-0.25, -0.2) is 0 Å². The minimum Gasteiger partial charge on any atom is -0.318 e. The third-order valence-electron chi connectivity index (χ3n) is 3.13. The van der Waals surface area contributed by atoms with Crippen LogP contribution >= 0.6 is 11.8 Å². The fourth-order valence-electron chi connectivity index (χ4n) is 1.87. The summed E-state index contributed by atoms with van der Waals surface area (Å²) in [6.07, 6.45) is 0. The number of nitro groups is 1. The van der Waals surface area contributed by atoms with Gasteiger partial charge in [-0.1, -0.05) is 19.9 Å². The van der Waals surface area contributed by atoms with Crippen molar-refractivity contribution in [2.45, 2.75) is 19.6 Å². The van der Waals surface area contributed by atoms with Crippen LogP contribution in [0.1, 0.15) is 19.4 Å². The lowest BCUT2D eigenvalue weighted by atomic mass is 10.2. The Morgan fingerprint density at radius 1 is 1.40 bits per heavy atom. The zero-order valence-corrected chi connectivity index (χ0v) is 12.8. The highest BCUT2D eigenvalue weighted by molar-refractivity contribution is 7.98. The monoisotopic (exact) mass is 298 g/mol. The number of nitro benzene ring substituents is 1. The summed E-state index contributed by atoms with van der Waals surface area (Å²) in [5.41, 5.74) is 3.78. The topological polar surface area (TPSA) is 84.4 Å². The van der Waals surface area contributed by atoms with Crippen molar-refractivity contribution in [3.05, 3.63) is 33.9 Å². The van der Waals surface area contributed by atoms with E-state index < -0.39 is 4.92 Å². The maximum absolute atomic E-state index is 10.8. The maximum Gasteiger partial charge on any atom is 0.293 e. The van der Waals surface area contributed by atoms with Crippen LogP contribution in [0.5, 0.6) is 0 Å². The molecule has 0 saturated heterocycles. The molecule has 0 aliphatic carbocycles. The van der Waals surface area contributed by atoms with Crippen LogP contribution in [0.4, 0.5) is 11.4 Å². The van der Waals surface area contributed by atoms with Gasteiger partial charge < -0.3 is 10.3 Å². The van der Waals surface area contributed by atoms with Crippen molar-refractivity contribution >= 4 is 23.1 Å². The number of rotatable bonds is 9. The first kappa shape index (κ1) is 16.7. The van der Waals surface area contributed by atoms with Crippen LogP contribution in [-0.2, 0) is 5.75 Å². The first-order valence-corrected chi connectivity index (χ1v) is 7.81. The summed E-state index contributed by atoms with van der Waals surface area (Å²) in [5.74, 6) is 7.19. The van der Waals surface area contributed by atoms with Crippen LogP contribution < -0.4 is 11.3 Å². The van der Waals surface area contributed by atoms with Gasteiger partial charge in [0.1, 0.15) is 5.69 Å². The Kier molecular flexibility index (Phi) is 7.35. The van der Waals surface area contributed by atoms with Crippen LogP contribution in [0.25, 0.3) is 0 Å². The van der Waals surface area contributed by atoms with Crippen LogP contribution in [0.3, 0.4) is 0 Å². The lowest BCUT2D eigenvalue weighted by molar-refractivity contribution is -0.384. The predicted octanol–water partition coefficient (Wildman–Crippen LogP) is 2.46. The van der Waals surface area contributed by atoms with Crippen molar-refractivity contribution in [2.75, 3.05) is 30.8 Å². The van der Waals surface area contributed by atoms with Gasteiger partial charge in [0.05, 0.1) is 4.92 Å². The molecule has 0 spiro atoms. The molecule has 1 aromatic carbocycles. The molecule has 0 aliphatic rings. The SMILES string of the molecule is CCN(CC)CCSCc1ccc([N+](=O)[O-])c(NN)c1. The van der Waals surface area contributed by atoms with Gasteiger partial charge >= 0.3 is 0 Å². The van der Waals surface area contributed by atoms with Crippen LogP contribution in [0, 0.1) is 10.1 Å². The molecule has 1 aromatic rings. The quantitative estimate of drug-likeness (QED) is 0.315. The summed E-state index contributed by atoms with van der Waals surface area (Å²) < 4.78 is 0. The number of nitrogen functional groups attached to an aromatic ring is 1. The molecule has 7 heteroatoms. The Bertz CT molecular complexity index is 438. The van der Waals surface area contributed by atoms with Gasteiger partial charge in [0, 0.05) is 24.1 Å². The van der Waals surface area contributed by atoms with E-state index in [4.69, 9.17) is 5.84 Å². The molecule has 6 nitrogen and oxygen atoms in total. The van der Waals surface area contributed by atoms with Crippen molar-refractivity contribution in [2.24, 2.45) is 5.84 Å². The minimum absolute atomic E-state index is 0.00407.